The van der Waals surface area contributed by atoms with Gasteiger partial charge in [-0.1, -0.05) is 0 Å². The molecule has 0 aromatic heterocycles. The summed E-state index contributed by atoms with van der Waals surface area (Å²) in [4.78, 5) is 4.27. The normalized spacial score (nSPS) is 24.9. The summed E-state index contributed by atoms with van der Waals surface area (Å²) >= 11 is 0. The third kappa shape index (κ3) is 1.57. The molecule has 0 bridgehead atoms. The maximum atomic E-state index is 4.27. The Morgan fingerprint density at radius 2 is 2.30 bits per heavy atom. The van der Waals surface area contributed by atoms with Crippen LogP contribution in [0.5, 0.6) is 0 Å². The lowest BCUT2D eigenvalue weighted by Crippen LogP contribution is -2.40. The first-order chi connectivity index (χ1) is 4.72. The Bertz CT molecular complexity index is 181. The van der Waals surface area contributed by atoms with Crippen molar-refractivity contribution in [1.29, 1.82) is 0 Å². The summed E-state index contributed by atoms with van der Waals surface area (Å²) in [5, 5.41) is 6.18. The number of allylic oxidation sites excluding steroid dienone is 2. The quantitative estimate of drug-likeness (QED) is 0.553. The molecule has 0 saturated carbocycles. The van der Waals surface area contributed by atoms with Crippen molar-refractivity contribution >= 4 is 5.71 Å². The summed E-state index contributed by atoms with van der Waals surface area (Å²) in [6.07, 6.45) is 2.08. The molecule has 0 aromatic rings. The van der Waals surface area contributed by atoms with Gasteiger partial charge in [0, 0.05) is 11.4 Å². The molecule has 1 aliphatic rings. The molecule has 1 rings (SSSR count). The van der Waals surface area contributed by atoms with Crippen LogP contribution >= 0.6 is 0 Å². The second kappa shape index (κ2) is 2.84. The van der Waals surface area contributed by atoms with Crippen LogP contribution < -0.4 is 10.6 Å². The van der Waals surface area contributed by atoms with Crippen LogP contribution in [-0.4, -0.2) is 19.0 Å². The van der Waals surface area contributed by atoms with Crippen molar-refractivity contribution in [3.8, 4) is 0 Å². The number of aliphatic imine (C=N–C) groups is 1. The fourth-order valence-electron chi connectivity index (χ4n) is 0.981. The van der Waals surface area contributed by atoms with Crippen molar-refractivity contribution in [3.05, 3.63) is 11.8 Å². The molecule has 3 heteroatoms. The van der Waals surface area contributed by atoms with Gasteiger partial charge >= 0.3 is 0 Å². The van der Waals surface area contributed by atoms with Gasteiger partial charge in [0.2, 0.25) is 0 Å². The van der Waals surface area contributed by atoms with E-state index in [0.717, 1.165) is 11.4 Å². The molecule has 2 N–H and O–H groups in total. The van der Waals surface area contributed by atoms with Gasteiger partial charge in [-0.3, -0.25) is 10.3 Å². The van der Waals surface area contributed by atoms with Crippen molar-refractivity contribution in [1.82, 2.24) is 10.6 Å². The van der Waals surface area contributed by atoms with Crippen molar-refractivity contribution in [2.45, 2.75) is 20.1 Å². The summed E-state index contributed by atoms with van der Waals surface area (Å²) in [5.74, 6) is 0. The van der Waals surface area contributed by atoms with E-state index in [0.29, 0.717) is 0 Å². The first-order valence-electron chi connectivity index (χ1n) is 3.39. The van der Waals surface area contributed by atoms with Gasteiger partial charge in [-0.25, -0.2) is 0 Å². The summed E-state index contributed by atoms with van der Waals surface area (Å²) < 4.78 is 0. The number of hydrogen-bond acceptors (Lipinski definition) is 3. The topological polar surface area (TPSA) is 36.4 Å². The third-order valence-electron chi connectivity index (χ3n) is 1.40. The van der Waals surface area contributed by atoms with Crippen LogP contribution in [0.2, 0.25) is 0 Å². The number of nitrogens with zero attached hydrogens (tertiary/aromatic N) is 1. The Hall–Kier alpha value is -0.830. The van der Waals surface area contributed by atoms with Crippen molar-refractivity contribution in [2.75, 3.05) is 7.05 Å². The Kier molecular flexibility index (Phi) is 2.06. The molecule has 0 saturated heterocycles. The average molecular weight is 139 g/mol. The maximum absolute atomic E-state index is 4.27. The Balaban J connectivity index is 2.67. The monoisotopic (exact) mass is 139 g/mol. The fraction of sp³-hybridized carbons (Fsp3) is 0.571. The molecular weight excluding hydrogens is 126 g/mol. The molecular formula is C7H13N3. The van der Waals surface area contributed by atoms with Gasteiger partial charge < -0.3 is 5.32 Å². The molecule has 0 fully saturated rings. The van der Waals surface area contributed by atoms with Gasteiger partial charge in [0.1, 0.15) is 0 Å². The van der Waals surface area contributed by atoms with Gasteiger partial charge in [0.05, 0.1) is 0 Å². The van der Waals surface area contributed by atoms with Gasteiger partial charge in [-0.2, -0.15) is 0 Å². The van der Waals surface area contributed by atoms with Crippen LogP contribution in [0, 0.1) is 0 Å². The SMILES string of the molecule is CN[C@H]1N=C(C)C=C(C)N1. The molecule has 3 nitrogen and oxygen atoms in total. The highest BCUT2D eigenvalue weighted by molar-refractivity contribution is 5.93. The second-order valence-electron chi connectivity index (χ2n) is 2.43. The molecule has 1 atom stereocenters. The summed E-state index contributed by atoms with van der Waals surface area (Å²) in [6, 6.07) is 0. The highest BCUT2D eigenvalue weighted by Gasteiger charge is 2.06. The van der Waals surface area contributed by atoms with Crippen molar-refractivity contribution in [3.63, 3.8) is 0 Å². The van der Waals surface area contributed by atoms with E-state index in [1.807, 2.05) is 27.0 Å². The van der Waals surface area contributed by atoms with Gasteiger partial charge in [0.15, 0.2) is 6.29 Å². The molecule has 10 heavy (non-hydrogen) atoms. The van der Waals surface area contributed by atoms with Gasteiger partial charge in [0.25, 0.3) is 0 Å². The van der Waals surface area contributed by atoms with Crippen LogP contribution in [0.4, 0.5) is 0 Å². The standard InChI is InChI=1S/C7H13N3/c1-5-4-6(2)10-7(8-3)9-5/h4,7-9H,1-3H3/t7-/m1/s1. The first-order valence-corrected chi connectivity index (χ1v) is 3.39. The minimum atomic E-state index is 0.0602. The number of nitrogens with one attached hydrogen (secondary N) is 2. The second-order valence-corrected chi connectivity index (χ2v) is 2.43. The molecule has 1 aliphatic heterocycles. The summed E-state index contributed by atoms with van der Waals surface area (Å²) in [7, 11) is 1.88. The summed E-state index contributed by atoms with van der Waals surface area (Å²) in [5.41, 5.74) is 2.22. The van der Waals surface area contributed by atoms with Crippen molar-refractivity contribution in [2.24, 2.45) is 4.99 Å². The van der Waals surface area contributed by atoms with Crippen LogP contribution in [0.3, 0.4) is 0 Å². The highest BCUT2D eigenvalue weighted by Crippen LogP contribution is 1.99. The largest absolute Gasteiger partial charge is 0.355 e. The van der Waals surface area contributed by atoms with E-state index in [2.05, 4.69) is 15.6 Å². The molecule has 56 valence electrons. The Morgan fingerprint density at radius 3 is 2.80 bits per heavy atom. The van der Waals surface area contributed by atoms with Gasteiger partial charge in [-0.05, 0) is 27.0 Å². The van der Waals surface area contributed by atoms with Crippen LogP contribution in [0.1, 0.15) is 13.8 Å². The van der Waals surface area contributed by atoms with Crippen LogP contribution in [0.15, 0.2) is 16.8 Å². The molecule has 1 heterocycles. The Labute approximate surface area is 61.2 Å². The predicted octanol–water partition coefficient (Wildman–Crippen LogP) is 0.457. The van der Waals surface area contributed by atoms with E-state index in [1.54, 1.807) is 0 Å². The summed E-state index contributed by atoms with van der Waals surface area (Å²) in [6.45, 7) is 4.03. The van der Waals surface area contributed by atoms with E-state index < -0.39 is 0 Å². The van der Waals surface area contributed by atoms with E-state index in [-0.39, 0.29) is 6.29 Å². The zero-order valence-electron chi connectivity index (χ0n) is 6.60. The zero-order valence-corrected chi connectivity index (χ0v) is 6.60. The molecule has 0 unspecified atom stereocenters. The highest BCUT2D eigenvalue weighted by atomic mass is 15.2. The van der Waals surface area contributed by atoms with E-state index in [4.69, 9.17) is 0 Å². The van der Waals surface area contributed by atoms with Gasteiger partial charge in [-0.15, -0.1) is 0 Å². The molecule has 0 spiro atoms. The lowest BCUT2D eigenvalue weighted by atomic mass is 10.3. The third-order valence-corrected chi connectivity index (χ3v) is 1.40. The molecule has 0 aromatic carbocycles. The lowest BCUT2D eigenvalue weighted by Gasteiger charge is -2.19. The lowest BCUT2D eigenvalue weighted by molar-refractivity contribution is 0.514. The fourth-order valence-corrected chi connectivity index (χ4v) is 0.981. The van der Waals surface area contributed by atoms with Crippen LogP contribution in [0.25, 0.3) is 0 Å². The van der Waals surface area contributed by atoms with E-state index >= 15 is 0 Å². The average Bonchev–Trinajstić information content (AvgIpc) is 1.85. The number of hydrogen-bond donors (Lipinski definition) is 2. The minimum absolute atomic E-state index is 0.0602. The maximum Gasteiger partial charge on any atom is 0.173 e. The zero-order chi connectivity index (χ0) is 7.56. The first kappa shape index (κ1) is 7.28. The minimum Gasteiger partial charge on any atom is -0.355 e. The van der Waals surface area contributed by atoms with Crippen molar-refractivity contribution < 1.29 is 0 Å². The van der Waals surface area contributed by atoms with E-state index in [9.17, 15) is 0 Å². The molecule has 0 radical (unpaired) electrons. The van der Waals surface area contributed by atoms with E-state index in [1.165, 1.54) is 0 Å². The molecule has 0 aliphatic carbocycles. The Morgan fingerprint density at radius 1 is 1.60 bits per heavy atom. The number of rotatable bonds is 1. The smallest absolute Gasteiger partial charge is 0.173 e. The predicted molar refractivity (Wildman–Crippen MR) is 42.8 cm³/mol. The van der Waals surface area contributed by atoms with Crippen LogP contribution in [-0.2, 0) is 0 Å². The molecule has 0 amide bonds.